The standard InChI is InChI=1S/C26H41N3O4.C17H24N2.C16H36N4.C15H26N2O3.C14H30N2O.C11H22N2O.C9H17NO2/c1-5-19-17(3)28-21-9-7-11-25(30,23(19)21)32-15-13-27-14-16-33-26(31)12-8-10-22-24(26)20(6-2)18(4)29-22;1-5-11-14(7-3)18-15-9-8-12-10(4)13(6-2)19-17(12)16(11)15;1-5-15(17)11(3)19-13-8-7-9-14(10-13)20-12(4)16(18)6-2;1-3-12-11(2)17-13-5-4-6-15(19,14(12)13)20-10-8-16-7-9-18;1-4-6-11(2)15-13-7-5-8-14(9-13)16-12(3)10-17;1-3-11(12)8(2)13-9-5-4-6-10(14)7-9;1-7(6-11)10-8-3-2-4-9(12)5-8/h27-31H,5-16H2,1-4H3;18-19H,5-9H2,1-4H3;11-16,19-20H,5-10,17-18H2,1-4H3;16-19H,3-10H2,1-2H3;11-17H,4-10H2,1-3H3;8-9,11,13H,3-7,12H2,1-2H3;7-8,10-11H,2-6H2,1H3. The molecule has 0 aliphatic heterocycles. The van der Waals surface area contributed by atoms with Crippen LogP contribution >= 0.6 is 0 Å². The van der Waals surface area contributed by atoms with Gasteiger partial charge in [0.2, 0.25) is 0 Å². The van der Waals surface area contributed by atoms with E-state index in [0.717, 1.165) is 192 Å². The van der Waals surface area contributed by atoms with Gasteiger partial charge in [0.1, 0.15) is 11.6 Å². The summed E-state index contributed by atoms with van der Waals surface area (Å²) in [7, 11) is 0. The highest BCUT2D eigenvalue weighted by atomic mass is 16.6. The van der Waals surface area contributed by atoms with E-state index in [9.17, 15) is 24.9 Å². The molecule has 0 bridgehead atoms. The Bertz CT molecular complexity index is 4090. The molecule has 0 amide bonds. The van der Waals surface area contributed by atoms with E-state index < -0.39 is 17.4 Å². The van der Waals surface area contributed by atoms with Crippen LogP contribution in [0.1, 0.15) is 385 Å². The summed E-state index contributed by atoms with van der Waals surface area (Å²) < 4.78 is 17.8. The third kappa shape index (κ3) is 34.9. The van der Waals surface area contributed by atoms with Crippen molar-refractivity contribution in [3.8, 4) is 11.3 Å². The molecule has 8 aliphatic rings. The molecule has 135 heavy (non-hydrogen) atoms. The number of ether oxygens (including phenoxy) is 3. The maximum absolute atomic E-state index is 11.3. The normalized spacial score (nSPS) is 24.5. The Morgan fingerprint density at radius 2 is 0.748 bits per heavy atom. The van der Waals surface area contributed by atoms with Crippen LogP contribution in [-0.4, -0.2) is 224 Å². The molecule has 8 aliphatic carbocycles. The molecule has 5 aromatic rings. The highest BCUT2D eigenvalue weighted by Gasteiger charge is 2.43. The second kappa shape index (κ2) is 59.8. The van der Waals surface area contributed by atoms with Crippen molar-refractivity contribution >= 4 is 11.6 Å². The molecule has 13 rings (SSSR count). The van der Waals surface area contributed by atoms with Crippen LogP contribution in [-0.2, 0) is 112 Å². The van der Waals surface area contributed by atoms with Crippen molar-refractivity contribution in [3.63, 3.8) is 0 Å². The minimum atomic E-state index is -1.21. The summed E-state index contributed by atoms with van der Waals surface area (Å²) in [5.74, 6) is -2.84. The maximum Gasteiger partial charge on any atom is 0.194 e. The van der Waals surface area contributed by atoms with Gasteiger partial charge in [0.25, 0.3) is 0 Å². The maximum atomic E-state index is 11.3. The molecule has 0 aromatic carbocycles. The van der Waals surface area contributed by atoms with E-state index in [1.54, 1.807) is 5.56 Å². The molecule has 5 aromatic heterocycles. The number of H-pyrrole nitrogens is 5. The van der Waals surface area contributed by atoms with E-state index in [1.807, 2.05) is 6.92 Å². The molecule has 27 nitrogen and oxygen atoms in total. The average molecular weight is 1890 g/mol. The van der Waals surface area contributed by atoms with E-state index in [0.29, 0.717) is 150 Å². The lowest BCUT2D eigenvalue weighted by atomic mass is 9.88. The molecular weight excluding hydrogens is 1700 g/mol. The molecule has 4 fully saturated rings. The quantitative estimate of drug-likeness (QED) is 0.0127. The Morgan fingerprint density at radius 3 is 1.10 bits per heavy atom. The number of carbonyl (C=O) groups is 2. The van der Waals surface area contributed by atoms with Gasteiger partial charge in [-0.25, -0.2) is 0 Å². The number of rotatable bonds is 42. The van der Waals surface area contributed by atoms with Crippen molar-refractivity contribution < 1.29 is 54.4 Å². The van der Waals surface area contributed by atoms with Gasteiger partial charge in [-0.2, -0.15) is 0 Å². The minimum absolute atomic E-state index is 0.112. The summed E-state index contributed by atoms with van der Waals surface area (Å²) in [6.45, 7) is 47.2. The first-order valence-corrected chi connectivity index (χ1v) is 53.9. The second-order valence-electron chi connectivity index (χ2n) is 40.8. The van der Waals surface area contributed by atoms with Crippen molar-refractivity contribution in [2.24, 2.45) is 17.2 Å². The summed E-state index contributed by atoms with van der Waals surface area (Å²) in [4.78, 5) is 39.9. The molecule has 0 saturated heterocycles. The van der Waals surface area contributed by atoms with E-state index in [-0.39, 0.29) is 50.0 Å². The number of aliphatic hydroxyl groups excluding tert-OH is 3. The fourth-order valence-corrected chi connectivity index (χ4v) is 22.4. The summed E-state index contributed by atoms with van der Waals surface area (Å²) >= 11 is 0. The van der Waals surface area contributed by atoms with Crippen LogP contribution < -0.4 is 59.7 Å². The predicted octanol–water partition coefficient (Wildman–Crippen LogP) is 13.9. The predicted molar refractivity (Wildman–Crippen MR) is 553 cm³/mol. The molecule has 27 heteroatoms. The SMILES string of the molecule is CC(CO)NC1CCCC(=O)C1.CCC(N)C(C)NC1CCCC(=O)C1.CCC(N)C(C)NC1CCCC(NC(C)C(N)CC)C1.CCCC(C)NC1CCCC(NC(C)CO)C1.CCc1[nH]c2c(c1C)CCc1[nH]c(CC)c(CC)c1-2.CCc1c(C)[nH]c2c1C(O)(OCCNCCO)CCC2.CCc1c(C)[nH]c2c1C(O)(OCCNCCOC1(O)CCCc3[nH]c(C)c(CC)c31)CCC2. The monoisotopic (exact) mass is 1890 g/mol. The largest absolute Gasteiger partial charge is 0.395 e. The molecule has 0 spiro atoms. The van der Waals surface area contributed by atoms with Crippen LogP contribution in [0.4, 0.5) is 0 Å². The van der Waals surface area contributed by atoms with E-state index in [1.165, 1.54) is 127 Å². The molecule has 18 atom stereocenters. The van der Waals surface area contributed by atoms with Gasteiger partial charge in [-0.15, -0.1) is 0 Å². The Labute approximate surface area is 815 Å². The lowest BCUT2D eigenvalue weighted by molar-refractivity contribution is -0.223. The van der Waals surface area contributed by atoms with Crippen molar-refractivity contribution in [3.05, 3.63) is 101 Å². The molecule has 4 saturated carbocycles. The number of nitrogens with two attached hydrogens (primary N) is 3. The summed E-state index contributed by atoms with van der Waals surface area (Å²) in [5.41, 5.74) is 43.1. The Balaban J connectivity index is 0.000000220. The van der Waals surface area contributed by atoms with Gasteiger partial charge < -0.3 is 130 Å². The average Bonchev–Trinajstić information content (AvgIpc) is 1.57. The number of aliphatic hydroxyl groups is 6. The summed E-state index contributed by atoms with van der Waals surface area (Å²) in [6, 6.07) is 5.92. The van der Waals surface area contributed by atoms with Crippen molar-refractivity contribution in [2.45, 2.75) is 490 Å². The van der Waals surface area contributed by atoms with Crippen LogP contribution in [0.15, 0.2) is 0 Å². The number of fused-ring (bicyclic) bond motifs is 6. The van der Waals surface area contributed by atoms with Crippen molar-refractivity contribution in [2.75, 3.05) is 65.8 Å². The van der Waals surface area contributed by atoms with Crippen LogP contribution in [0, 0.1) is 27.7 Å². The number of aryl methyl sites for hydroxylation is 9. The molecule has 25 N–H and O–H groups in total. The van der Waals surface area contributed by atoms with Gasteiger partial charge in [-0.1, -0.05) is 88.5 Å². The third-order valence-corrected chi connectivity index (χ3v) is 30.1. The number of carbonyl (C=O) groups excluding carboxylic acids is 2. The van der Waals surface area contributed by atoms with E-state index >= 15 is 0 Å². The highest BCUT2D eigenvalue weighted by Crippen LogP contribution is 2.45. The Hall–Kier alpha value is -5.06. The first kappa shape index (κ1) is 117. The Morgan fingerprint density at radius 1 is 0.393 bits per heavy atom. The smallest absolute Gasteiger partial charge is 0.194 e. The van der Waals surface area contributed by atoms with Crippen LogP contribution in [0.3, 0.4) is 0 Å². The molecule has 18 unspecified atom stereocenters. The van der Waals surface area contributed by atoms with Gasteiger partial charge in [0.15, 0.2) is 17.4 Å². The van der Waals surface area contributed by atoms with E-state index in [4.69, 9.17) is 46.7 Å². The molecular formula is C108H196N16O11. The number of ketones is 2. The zero-order valence-electron chi connectivity index (χ0n) is 88.1. The van der Waals surface area contributed by atoms with Gasteiger partial charge >= 0.3 is 0 Å². The van der Waals surface area contributed by atoms with Gasteiger partial charge in [0.05, 0.1) is 45.3 Å². The first-order chi connectivity index (χ1) is 64.6. The highest BCUT2D eigenvalue weighted by molar-refractivity contribution is 5.80. The van der Waals surface area contributed by atoms with Crippen LogP contribution in [0.2, 0.25) is 0 Å². The number of Topliss-reactive ketones (excluding diaryl/α,β-unsaturated/α-hetero) is 2. The number of aromatic nitrogens is 5. The zero-order valence-corrected chi connectivity index (χ0v) is 88.1. The number of hydrogen-bond donors (Lipinski definition) is 22. The second-order valence-corrected chi connectivity index (χ2v) is 40.8. The fourth-order valence-electron chi connectivity index (χ4n) is 22.4. The van der Waals surface area contributed by atoms with Crippen molar-refractivity contribution in [1.29, 1.82) is 0 Å². The Kier molecular flexibility index (Phi) is 51.7. The topological polar surface area (TPSA) is 436 Å². The molecule has 5 heterocycles. The van der Waals surface area contributed by atoms with Gasteiger partial charge in [-0.05, 0) is 282 Å². The summed E-state index contributed by atoms with van der Waals surface area (Å²) in [5, 5.41) is 87.7. The van der Waals surface area contributed by atoms with Gasteiger partial charge in [-0.3, -0.25) is 9.59 Å². The zero-order chi connectivity index (χ0) is 99.1. The van der Waals surface area contributed by atoms with Crippen LogP contribution in [0.5, 0.6) is 0 Å². The van der Waals surface area contributed by atoms with Gasteiger partial charge in [0, 0.05) is 235 Å². The van der Waals surface area contributed by atoms with E-state index in [2.05, 4.69) is 199 Å². The van der Waals surface area contributed by atoms with Crippen molar-refractivity contribution in [1.82, 2.24) is 67.5 Å². The lowest BCUT2D eigenvalue weighted by Gasteiger charge is -2.36. The number of hydrogen-bond acceptors (Lipinski definition) is 22. The fraction of sp³-hybridized carbons (Fsp3) is 0.796. The number of nitrogens with one attached hydrogen (secondary N) is 13. The summed E-state index contributed by atoms with van der Waals surface area (Å²) in [6.07, 6.45) is 38.6. The third-order valence-electron chi connectivity index (χ3n) is 30.1. The minimum Gasteiger partial charge on any atom is -0.395 e. The first-order valence-electron chi connectivity index (χ1n) is 53.9. The van der Waals surface area contributed by atoms with Crippen LogP contribution in [0.25, 0.3) is 11.3 Å². The molecule has 774 valence electrons. The lowest BCUT2D eigenvalue weighted by Crippen LogP contribution is -2.53. The molecule has 0 radical (unpaired) electrons. The number of aromatic amines is 5.